The first-order valence-electron chi connectivity index (χ1n) is 7.81. The molecule has 1 saturated heterocycles. The maximum atomic E-state index is 13.1. The van der Waals surface area contributed by atoms with E-state index in [-0.39, 0.29) is 36.3 Å². The summed E-state index contributed by atoms with van der Waals surface area (Å²) in [6, 6.07) is 12.5. The molecule has 5 nitrogen and oxygen atoms in total. The molecule has 0 saturated carbocycles. The molecule has 2 N–H and O–H groups in total. The van der Waals surface area contributed by atoms with Crippen molar-refractivity contribution in [3.63, 3.8) is 0 Å². The summed E-state index contributed by atoms with van der Waals surface area (Å²) >= 11 is 0. The van der Waals surface area contributed by atoms with Crippen LogP contribution in [0.5, 0.6) is 11.5 Å². The second-order valence-electron chi connectivity index (χ2n) is 5.58. The molecule has 0 spiro atoms. The van der Waals surface area contributed by atoms with Gasteiger partial charge in [-0.1, -0.05) is 6.07 Å². The molecule has 1 amide bonds. The van der Waals surface area contributed by atoms with Gasteiger partial charge >= 0.3 is 0 Å². The van der Waals surface area contributed by atoms with E-state index < -0.39 is 0 Å². The van der Waals surface area contributed by atoms with Gasteiger partial charge in [0.15, 0.2) is 0 Å². The molecule has 1 aliphatic rings. The van der Waals surface area contributed by atoms with Crippen LogP contribution >= 0.6 is 12.4 Å². The Morgan fingerprint density at radius 2 is 2.00 bits per heavy atom. The fourth-order valence-corrected chi connectivity index (χ4v) is 2.52. The van der Waals surface area contributed by atoms with Gasteiger partial charge in [-0.05, 0) is 43.3 Å². The molecular weight excluding hydrogens is 347 g/mol. The first-order valence-corrected chi connectivity index (χ1v) is 7.81. The predicted molar refractivity (Wildman–Crippen MR) is 96.0 cm³/mol. The number of hydrogen-bond donors (Lipinski definition) is 2. The minimum absolute atomic E-state index is 0. The highest BCUT2D eigenvalue weighted by Gasteiger charge is 2.28. The van der Waals surface area contributed by atoms with E-state index in [9.17, 15) is 9.18 Å². The second kappa shape index (κ2) is 8.80. The summed E-state index contributed by atoms with van der Waals surface area (Å²) in [4.78, 5) is 12.3. The summed E-state index contributed by atoms with van der Waals surface area (Å²) < 4.78 is 24.2. The fraction of sp³-hybridized carbons (Fsp3) is 0.278. The van der Waals surface area contributed by atoms with Gasteiger partial charge < -0.3 is 20.1 Å². The van der Waals surface area contributed by atoms with Gasteiger partial charge in [0.2, 0.25) is 5.91 Å². The van der Waals surface area contributed by atoms with E-state index in [1.165, 1.54) is 12.1 Å². The normalized spacial score (nSPS) is 19.6. The van der Waals surface area contributed by atoms with Crippen LogP contribution in [0.3, 0.4) is 0 Å². The summed E-state index contributed by atoms with van der Waals surface area (Å²) in [5.41, 5.74) is 0.658. The van der Waals surface area contributed by atoms with Crippen molar-refractivity contribution in [2.45, 2.75) is 19.1 Å². The number of morpholine rings is 1. The van der Waals surface area contributed by atoms with Crippen molar-refractivity contribution in [1.29, 1.82) is 0 Å². The number of rotatable bonds is 4. The lowest BCUT2D eigenvalue weighted by Crippen LogP contribution is -2.53. The van der Waals surface area contributed by atoms with Gasteiger partial charge in [-0.25, -0.2) is 4.39 Å². The maximum Gasteiger partial charge on any atom is 0.244 e. The standard InChI is InChI=1S/C18H19FN2O3.ClH/c1-12-17(20-9-10-23-12)18(22)21-14-5-7-15(8-6-14)24-16-4-2-3-13(19)11-16;/h2-8,11-12,17,20H,9-10H2,1H3,(H,21,22);1H/t12-,17+;/m1./s1. The molecule has 134 valence electrons. The van der Waals surface area contributed by atoms with E-state index in [1.807, 2.05) is 6.92 Å². The van der Waals surface area contributed by atoms with E-state index in [4.69, 9.17) is 9.47 Å². The summed E-state index contributed by atoms with van der Waals surface area (Å²) in [5.74, 6) is 0.490. The molecule has 0 bridgehead atoms. The number of halogens is 2. The van der Waals surface area contributed by atoms with Crippen molar-refractivity contribution >= 4 is 24.0 Å². The summed E-state index contributed by atoms with van der Waals surface area (Å²) in [6.45, 7) is 3.13. The maximum absolute atomic E-state index is 13.1. The minimum Gasteiger partial charge on any atom is -0.457 e. The summed E-state index contributed by atoms with van der Waals surface area (Å²) in [5, 5.41) is 5.99. The number of anilines is 1. The summed E-state index contributed by atoms with van der Waals surface area (Å²) in [6.07, 6.45) is -0.172. The lowest BCUT2D eigenvalue weighted by molar-refractivity contribution is -0.123. The third-order valence-corrected chi connectivity index (χ3v) is 3.75. The van der Waals surface area contributed by atoms with Crippen LogP contribution in [0.25, 0.3) is 0 Å². The van der Waals surface area contributed by atoms with Crippen LogP contribution in [0.4, 0.5) is 10.1 Å². The number of carbonyl (C=O) groups is 1. The Kier molecular flexibility index (Phi) is 6.75. The number of ether oxygens (including phenoxy) is 2. The zero-order valence-electron chi connectivity index (χ0n) is 13.7. The molecule has 0 aliphatic carbocycles. The van der Waals surface area contributed by atoms with Crippen LogP contribution in [-0.2, 0) is 9.53 Å². The number of carbonyl (C=O) groups excluding carboxylic acids is 1. The van der Waals surface area contributed by atoms with E-state index in [0.717, 1.165) is 0 Å². The van der Waals surface area contributed by atoms with Gasteiger partial charge in [-0.15, -0.1) is 12.4 Å². The first kappa shape index (κ1) is 19.2. The molecule has 2 aromatic rings. The molecule has 2 aromatic carbocycles. The molecule has 0 unspecified atom stereocenters. The van der Waals surface area contributed by atoms with E-state index in [0.29, 0.717) is 30.3 Å². The SMILES string of the molecule is C[C@H]1OCCN[C@@H]1C(=O)Nc1ccc(Oc2cccc(F)c2)cc1.Cl. The first-order chi connectivity index (χ1) is 11.6. The van der Waals surface area contributed by atoms with Crippen molar-refractivity contribution < 1.29 is 18.7 Å². The third-order valence-electron chi connectivity index (χ3n) is 3.75. The van der Waals surface area contributed by atoms with Crippen molar-refractivity contribution in [2.24, 2.45) is 0 Å². The van der Waals surface area contributed by atoms with Gasteiger partial charge in [0.1, 0.15) is 23.4 Å². The number of nitrogens with one attached hydrogen (secondary N) is 2. The fourth-order valence-electron chi connectivity index (χ4n) is 2.52. The largest absolute Gasteiger partial charge is 0.457 e. The predicted octanol–water partition coefficient (Wildman–Crippen LogP) is 3.36. The summed E-state index contributed by atoms with van der Waals surface area (Å²) in [7, 11) is 0. The smallest absolute Gasteiger partial charge is 0.244 e. The molecule has 2 atom stereocenters. The minimum atomic E-state index is -0.373. The van der Waals surface area contributed by atoms with Gasteiger partial charge in [0, 0.05) is 18.3 Å². The molecule has 1 heterocycles. The van der Waals surface area contributed by atoms with Gasteiger partial charge in [-0.2, -0.15) is 0 Å². The Balaban J connectivity index is 0.00000225. The Hall–Kier alpha value is -2.15. The molecule has 0 radical (unpaired) electrons. The highest BCUT2D eigenvalue weighted by molar-refractivity contribution is 5.95. The Morgan fingerprint density at radius 1 is 1.24 bits per heavy atom. The molecule has 1 aliphatic heterocycles. The van der Waals surface area contributed by atoms with Crippen molar-refractivity contribution in [1.82, 2.24) is 5.32 Å². The Labute approximate surface area is 151 Å². The van der Waals surface area contributed by atoms with Crippen molar-refractivity contribution in [3.05, 3.63) is 54.3 Å². The van der Waals surface area contributed by atoms with Crippen LogP contribution < -0.4 is 15.4 Å². The van der Waals surface area contributed by atoms with Crippen LogP contribution in [0.2, 0.25) is 0 Å². The van der Waals surface area contributed by atoms with Crippen molar-refractivity contribution in [3.8, 4) is 11.5 Å². The lowest BCUT2D eigenvalue weighted by Gasteiger charge is -2.29. The molecule has 25 heavy (non-hydrogen) atoms. The van der Waals surface area contributed by atoms with Crippen molar-refractivity contribution in [2.75, 3.05) is 18.5 Å². The zero-order valence-corrected chi connectivity index (χ0v) is 14.5. The average Bonchev–Trinajstić information content (AvgIpc) is 2.57. The Morgan fingerprint density at radius 3 is 2.68 bits per heavy atom. The van der Waals surface area contributed by atoms with Crippen LogP contribution in [0.1, 0.15) is 6.92 Å². The number of hydrogen-bond acceptors (Lipinski definition) is 4. The van der Waals surface area contributed by atoms with E-state index in [1.54, 1.807) is 36.4 Å². The molecule has 1 fully saturated rings. The topological polar surface area (TPSA) is 59.6 Å². The average molecular weight is 367 g/mol. The van der Waals surface area contributed by atoms with E-state index >= 15 is 0 Å². The molecule has 3 rings (SSSR count). The second-order valence-corrected chi connectivity index (χ2v) is 5.58. The zero-order chi connectivity index (χ0) is 16.9. The van der Waals surface area contributed by atoms with Crippen LogP contribution in [0.15, 0.2) is 48.5 Å². The quantitative estimate of drug-likeness (QED) is 0.871. The lowest BCUT2D eigenvalue weighted by atomic mass is 10.1. The number of benzene rings is 2. The van der Waals surface area contributed by atoms with Gasteiger partial charge in [0.25, 0.3) is 0 Å². The van der Waals surface area contributed by atoms with E-state index in [2.05, 4.69) is 10.6 Å². The third kappa shape index (κ3) is 5.16. The Bertz CT molecular complexity index is 712. The monoisotopic (exact) mass is 366 g/mol. The van der Waals surface area contributed by atoms with Crippen LogP contribution in [0, 0.1) is 5.82 Å². The van der Waals surface area contributed by atoms with Gasteiger partial charge in [0.05, 0.1) is 12.7 Å². The highest BCUT2D eigenvalue weighted by Crippen LogP contribution is 2.23. The highest BCUT2D eigenvalue weighted by atomic mass is 35.5. The van der Waals surface area contributed by atoms with Gasteiger partial charge in [-0.3, -0.25) is 4.79 Å². The molecule has 0 aromatic heterocycles. The molecule has 7 heteroatoms. The van der Waals surface area contributed by atoms with Crippen LogP contribution in [-0.4, -0.2) is 31.2 Å². The number of amides is 1. The molecular formula is C18H20ClFN2O3.